The van der Waals surface area contributed by atoms with Crippen molar-refractivity contribution >= 4 is 29.8 Å². The molecule has 5 N–H and O–H groups in total. The molecular formula is C45H57N3O12. The van der Waals surface area contributed by atoms with E-state index in [0.717, 1.165) is 42.4 Å². The number of aliphatic hydroxyl groups excluding tert-OH is 2. The smallest absolute Gasteiger partial charge is 0.327 e. The maximum absolute atomic E-state index is 15.1. The SMILES string of the molecule is CC(O)C(NC(=O)C12CC3OC(=O)C1N(Cc1cccc(C=CCc4ccccc4O)c1)OC2C1OC(C2CC2)(C2CC2)OC31)C(=O)NC(CO)CCC(=O)OC(C)(C)C. The molecule has 3 aliphatic heterocycles. The number of phenols is 1. The number of nitrogens with zero attached hydrogens (tertiary/aromatic N) is 1. The Morgan fingerprint density at radius 3 is 2.40 bits per heavy atom. The third kappa shape index (κ3) is 8.32. The van der Waals surface area contributed by atoms with E-state index in [1.807, 2.05) is 48.6 Å². The molecule has 0 radical (unpaired) electrons. The Balaban J connectivity index is 1.05. The number of benzene rings is 2. The highest BCUT2D eigenvalue weighted by Crippen LogP contribution is 2.63. The lowest BCUT2D eigenvalue weighted by atomic mass is 9.62. The standard InChI is InChI=1S/C45H57N3O12/c1-25(50)35(40(53)46-31(24-49)19-20-34(52)57-43(2,3)4)47-42(55)44-22-33-36-37(59-45(58-36,29-15-16-29)30-17-18-30)39(44)60-48(38(44)41(54)56-33)23-27-11-7-9-26(21-27)10-8-13-28-12-5-6-14-32(28)51/h5-12,14,21,25,29-31,33,35-39,49-51H,13,15-20,22-24H2,1-4H3,(H,46,53)(H,47,55). The van der Waals surface area contributed by atoms with E-state index in [1.54, 1.807) is 32.9 Å². The Hall–Kier alpha value is -4.38. The molecule has 8 rings (SSSR count). The zero-order valence-electron chi connectivity index (χ0n) is 34.6. The fourth-order valence-electron chi connectivity index (χ4n) is 9.51. The van der Waals surface area contributed by atoms with Crippen LogP contribution in [0, 0.1) is 17.3 Å². The summed E-state index contributed by atoms with van der Waals surface area (Å²) in [7, 11) is 0. The number of para-hydroxylation sites is 1. The number of hydrogen-bond acceptors (Lipinski definition) is 13. The molecule has 6 aliphatic rings. The summed E-state index contributed by atoms with van der Waals surface area (Å²) in [6.07, 6.45) is 3.54. The minimum absolute atomic E-state index is 0.0325. The Morgan fingerprint density at radius 1 is 1.02 bits per heavy atom. The Bertz CT molecular complexity index is 1980. The zero-order chi connectivity index (χ0) is 42.6. The third-order valence-electron chi connectivity index (χ3n) is 12.6. The van der Waals surface area contributed by atoms with Crippen LogP contribution in [0.25, 0.3) is 6.08 Å². The number of aliphatic hydroxyl groups is 2. The second-order valence-corrected chi connectivity index (χ2v) is 18.3. The minimum Gasteiger partial charge on any atom is -0.508 e. The van der Waals surface area contributed by atoms with E-state index < -0.39 is 95.8 Å². The van der Waals surface area contributed by atoms with Crippen LogP contribution in [0.15, 0.2) is 54.6 Å². The molecule has 3 heterocycles. The number of carbonyl (C=O) groups excluding carboxylic acids is 4. The van der Waals surface area contributed by atoms with E-state index in [4.69, 9.17) is 23.8 Å². The molecular weight excluding hydrogens is 775 g/mol. The average Bonchev–Trinajstić information content (AvgIpc) is 4.14. The number of amides is 2. The minimum atomic E-state index is -1.61. The summed E-state index contributed by atoms with van der Waals surface area (Å²) in [5.74, 6) is -2.90. The molecule has 2 aromatic carbocycles. The van der Waals surface area contributed by atoms with E-state index in [1.165, 1.54) is 12.0 Å². The summed E-state index contributed by atoms with van der Waals surface area (Å²) in [6, 6.07) is 11.2. The first-order valence-electron chi connectivity index (χ1n) is 21.3. The van der Waals surface area contributed by atoms with Crippen LogP contribution in [0.4, 0.5) is 0 Å². The van der Waals surface area contributed by atoms with Crippen molar-refractivity contribution in [2.24, 2.45) is 17.3 Å². The summed E-state index contributed by atoms with van der Waals surface area (Å²) in [6.45, 7) is 6.18. The third-order valence-corrected chi connectivity index (χ3v) is 12.6. The average molecular weight is 832 g/mol. The Morgan fingerprint density at radius 2 is 1.73 bits per heavy atom. The number of aromatic hydroxyl groups is 1. The number of ether oxygens (including phenoxy) is 4. The fraction of sp³-hybridized carbons (Fsp3) is 0.600. The number of carbonyl (C=O) groups is 4. The molecule has 0 spiro atoms. The molecule has 2 bridgehead atoms. The summed E-state index contributed by atoms with van der Waals surface area (Å²) >= 11 is 0. The van der Waals surface area contributed by atoms with Crippen molar-refractivity contribution in [3.05, 3.63) is 71.3 Å². The first-order valence-corrected chi connectivity index (χ1v) is 21.3. The van der Waals surface area contributed by atoms with Crippen LogP contribution in [0.3, 0.4) is 0 Å². The van der Waals surface area contributed by atoms with Gasteiger partial charge in [-0.25, -0.2) is 0 Å². The number of hydrogen-bond donors (Lipinski definition) is 5. The lowest BCUT2D eigenvalue weighted by molar-refractivity contribution is -0.235. The van der Waals surface area contributed by atoms with Gasteiger partial charge < -0.3 is 44.9 Å². The van der Waals surface area contributed by atoms with Crippen LogP contribution >= 0.6 is 0 Å². The molecule has 3 saturated carbocycles. The maximum atomic E-state index is 15.1. The predicted molar refractivity (Wildman–Crippen MR) is 214 cm³/mol. The van der Waals surface area contributed by atoms with Crippen molar-refractivity contribution in [1.82, 2.24) is 15.7 Å². The summed E-state index contributed by atoms with van der Waals surface area (Å²) in [4.78, 5) is 62.3. The van der Waals surface area contributed by atoms with Gasteiger partial charge in [0.25, 0.3) is 0 Å². The van der Waals surface area contributed by atoms with Crippen LogP contribution in [-0.2, 0) is 55.9 Å². The van der Waals surface area contributed by atoms with Gasteiger partial charge in [-0.15, -0.1) is 0 Å². The van der Waals surface area contributed by atoms with Crippen molar-refractivity contribution in [3.63, 3.8) is 0 Å². The van der Waals surface area contributed by atoms with Gasteiger partial charge in [0.1, 0.15) is 47.2 Å². The number of hydroxylamine groups is 2. The van der Waals surface area contributed by atoms with Crippen molar-refractivity contribution in [2.45, 2.75) is 146 Å². The van der Waals surface area contributed by atoms with Gasteiger partial charge in [-0.05, 0) is 89.0 Å². The van der Waals surface area contributed by atoms with Crippen LogP contribution in [0.5, 0.6) is 5.75 Å². The highest BCUT2D eigenvalue weighted by Gasteiger charge is 2.78. The van der Waals surface area contributed by atoms with Gasteiger partial charge in [-0.3, -0.25) is 24.0 Å². The lowest BCUT2D eigenvalue weighted by Crippen LogP contribution is -2.71. The molecule has 3 saturated heterocycles. The van der Waals surface area contributed by atoms with Crippen molar-refractivity contribution in [1.29, 1.82) is 0 Å². The van der Waals surface area contributed by atoms with Gasteiger partial charge in [0.05, 0.1) is 25.3 Å². The summed E-state index contributed by atoms with van der Waals surface area (Å²) in [5, 5.41) is 38.2. The summed E-state index contributed by atoms with van der Waals surface area (Å²) < 4.78 is 25.3. The number of fused-ring (bicyclic) bond motifs is 4. The normalized spacial score (nSPS) is 29.6. The number of allylic oxidation sites excluding steroid dienone is 1. The first-order chi connectivity index (χ1) is 28.6. The second-order valence-electron chi connectivity index (χ2n) is 18.3. The molecule has 15 heteroatoms. The van der Waals surface area contributed by atoms with E-state index in [9.17, 15) is 29.7 Å². The maximum Gasteiger partial charge on any atom is 0.327 e. The number of esters is 2. The fourth-order valence-corrected chi connectivity index (χ4v) is 9.51. The van der Waals surface area contributed by atoms with Crippen LogP contribution in [0.2, 0.25) is 0 Å². The molecule has 324 valence electrons. The van der Waals surface area contributed by atoms with E-state index in [-0.39, 0.29) is 43.4 Å². The number of nitrogens with one attached hydrogen (secondary N) is 2. The van der Waals surface area contributed by atoms with Gasteiger partial charge in [-0.2, -0.15) is 5.06 Å². The van der Waals surface area contributed by atoms with Crippen LogP contribution in [-0.4, -0.2) is 111 Å². The molecule has 15 nitrogen and oxygen atoms in total. The Labute approximate surface area is 349 Å². The molecule has 0 aromatic heterocycles. The molecule has 2 amide bonds. The zero-order valence-corrected chi connectivity index (χ0v) is 34.6. The quantitative estimate of drug-likeness (QED) is 0.155. The molecule has 2 aromatic rings. The molecule has 60 heavy (non-hydrogen) atoms. The first kappa shape index (κ1) is 42.3. The van der Waals surface area contributed by atoms with Crippen LogP contribution in [0.1, 0.15) is 89.3 Å². The van der Waals surface area contributed by atoms with Gasteiger partial charge >= 0.3 is 11.9 Å². The van der Waals surface area contributed by atoms with Crippen molar-refractivity contribution in [3.8, 4) is 5.75 Å². The highest BCUT2D eigenvalue weighted by molar-refractivity contribution is 5.96. The molecule has 9 unspecified atom stereocenters. The summed E-state index contributed by atoms with van der Waals surface area (Å²) in [5.41, 5.74) is 0.145. The van der Waals surface area contributed by atoms with Gasteiger partial charge in [0.15, 0.2) is 11.8 Å². The molecule has 9 atom stereocenters. The second kappa shape index (κ2) is 16.5. The molecule has 3 aliphatic carbocycles. The lowest BCUT2D eigenvalue weighted by Gasteiger charge is -2.49. The number of phenolic OH excluding ortho intramolecular Hbond substituents is 1. The predicted octanol–water partition coefficient (Wildman–Crippen LogP) is 3.21. The van der Waals surface area contributed by atoms with Gasteiger partial charge in [0.2, 0.25) is 11.8 Å². The van der Waals surface area contributed by atoms with E-state index in [2.05, 4.69) is 10.6 Å². The van der Waals surface area contributed by atoms with Gasteiger partial charge in [0, 0.05) is 24.7 Å². The largest absolute Gasteiger partial charge is 0.508 e. The van der Waals surface area contributed by atoms with E-state index in [0.29, 0.717) is 6.42 Å². The monoisotopic (exact) mass is 831 g/mol. The Kier molecular flexibility index (Phi) is 11.6. The highest BCUT2D eigenvalue weighted by atomic mass is 16.8. The van der Waals surface area contributed by atoms with Gasteiger partial charge in [-0.1, -0.05) is 54.6 Å². The molecule has 6 fully saturated rings. The van der Waals surface area contributed by atoms with Crippen LogP contribution < -0.4 is 10.6 Å². The van der Waals surface area contributed by atoms with Crippen molar-refractivity contribution in [2.75, 3.05) is 6.61 Å². The number of rotatable bonds is 16. The van der Waals surface area contributed by atoms with E-state index >= 15 is 4.79 Å². The van der Waals surface area contributed by atoms with Crippen molar-refractivity contribution < 1.29 is 58.3 Å². The topological polar surface area (TPSA) is 202 Å².